The molecule has 0 spiro atoms. The zero-order chi connectivity index (χ0) is 15.2. The van der Waals surface area contributed by atoms with Crippen molar-refractivity contribution in [3.63, 3.8) is 0 Å². The molecule has 0 aromatic heterocycles. The van der Waals surface area contributed by atoms with Crippen LogP contribution in [0.15, 0.2) is 36.4 Å². The van der Waals surface area contributed by atoms with Gasteiger partial charge in [0.05, 0.1) is 14.2 Å². The van der Waals surface area contributed by atoms with Gasteiger partial charge in [-0.2, -0.15) is 0 Å². The van der Waals surface area contributed by atoms with E-state index in [0.717, 1.165) is 41.3 Å². The van der Waals surface area contributed by atoms with Crippen LogP contribution in [-0.4, -0.2) is 20.8 Å². The predicted octanol–water partition coefficient (Wildman–Crippen LogP) is 4.13. The Morgan fingerprint density at radius 3 is 2.38 bits per heavy atom. The van der Waals surface area contributed by atoms with Gasteiger partial charge in [0.2, 0.25) is 0 Å². The largest absolute Gasteiger partial charge is 0.497 e. The minimum atomic E-state index is 0.717. The van der Waals surface area contributed by atoms with Crippen LogP contribution in [0.25, 0.3) is 11.1 Å². The molecule has 0 aliphatic rings. The Bertz CT molecular complexity index is 614. The van der Waals surface area contributed by atoms with Gasteiger partial charge in [0.25, 0.3) is 0 Å². The SMILES string of the molecule is CCNCc1ccc(-c2ccc(OC)cc2OC)c(Cl)c1. The third-order valence-corrected chi connectivity index (χ3v) is 3.62. The molecular formula is C17H20ClNO2. The van der Waals surface area contributed by atoms with Gasteiger partial charge in [-0.1, -0.05) is 30.7 Å². The summed E-state index contributed by atoms with van der Waals surface area (Å²) in [5.41, 5.74) is 3.08. The molecule has 2 aromatic rings. The second-order valence-corrected chi connectivity index (χ2v) is 5.07. The van der Waals surface area contributed by atoms with E-state index < -0.39 is 0 Å². The Balaban J connectivity index is 2.37. The molecule has 2 rings (SSSR count). The molecule has 1 N–H and O–H groups in total. The molecule has 0 aliphatic carbocycles. The maximum absolute atomic E-state index is 6.43. The Labute approximate surface area is 130 Å². The van der Waals surface area contributed by atoms with E-state index >= 15 is 0 Å². The van der Waals surface area contributed by atoms with Gasteiger partial charge in [0.1, 0.15) is 11.5 Å². The van der Waals surface area contributed by atoms with E-state index in [9.17, 15) is 0 Å². The number of halogens is 1. The molecule has 3 nitrogen and oxygen atoms in total. The first kappa shape index (κ1) is 15.7. The quantitative estimate of drug-likeness (QED) is 0.870. The fourth-order valence-corrected chi connectivity index (χ4v) is 2.48. The van der Waals surface area contributed by atoms with Gasteiger partial charge in [-0.3, -0.25) is 0 Å². The summed E-state index contributed by atoms with van der Waals surface area (Å²) in [6.07, 6.45) is 0. The van der Waals surface area contributed by atoms with Crippen LogP contribution in [-0.2, 0) is 6.54 Å². The molecule has 0 fully saturated rings. The first-order chi connectivity index (χ1) is 10.2. The second kappa shape index (κ2) is 7.34. The monoisotopic (exact) mass is 305 g/mol. The Morgan fingerprint density at radius 1 is 1.00 bits per heavy atom. The average Bonchev–Trinajstić information content (AvgIpc) is 2.52. The molecule has 0 saturated carbocycles. The third kappa shape index (κ3) is 3.69. The first-order valence-electron chi connectivity index (χ1n) is 6.91. The van der Waals surface area contributed by atoms with Crippen LogP contribution in [0.2, 0.25) is 5.02 Å². The van der Waals surface area contributed by atoms with E-state index in [-0.39, 0.29) is 0 Å². The third-order valence-electron chi connectivity index (χ3n) is 3.31. The summed E-state index contributed by atoms with van der Waals surface area (Å²) in [5, 5.41) is 4.01. The highest BCUT2D eigenvalue weighted by Gasteiger charge is 2.11. The van der Waals surface area contributed by atoms with Crippen LogP contribution in [0.5, 0.6) is 11.5 Å². The molecular weight excluding hydrogens is 286 g/mol. The highest BCUT2D eigenvalue weighted by Crippen LogP contribution is 2.37. The van der Waals surface area contributed by atoms with Gasteiger partial charge in [-0.05, 0) is 30.3 Å². The highest BCUT2D eigenvalue weighted by atomic mass is 35.5. The van der Waals surface area contributed by atoms with Crippen molar-refractivity contribution in [3.05, 3.63) is 47.0 Å². The summed E-state index contributed by atoms with van der Waals surface area (Å²) in [5.74, 6) is 1.51. The van der Waals surface area contributed by atoms with Gasteiger partial charge in [0.15, 0.2) is 0 Å². The number of methoxy groups -OCH3 is 2. The fourth-order valence-electron chi connectivity index (χ4n) is 2.18. The van der Waals surface area contributed by atoms with Crippen molar-refractivity contribution in [2.75, 3.05) is 20.8 Å². The number of ether oxygens (including phenoxy) is 2. The molecule has 2 aromatic carbocycles. The molecule has 112 valence electrons. The number of hydrogen-bond donors (Lipinski definition) is 1. The number of benzene rings is 2. The van der Waals surface area contributed by atoms with E-state index in [1.54, 1.807) is 14.2 Å². The molecule has 0 bridgehead atoms. The van der Waals surface area contributed by atoms with Crippen molar-refractivity contribution in [2.45, 2.75) is 13.5 Å². The summed E-state index contributed by atoms with van der Waals surface area (Å²) >= 11 is 6.43. The second-order valence-electron chi connectivity index (χ2n) is 4.66. The van der Waals surface area contributed by atoms with Gasteiger partial charge in [-0.15, -0.1) is 0 Å². The zero-order valence-electron chi connectivity index (χ0n) is 12.6. The van der Waals surface area contributed by atoms with E-state index in [2.05, 4.69) is 18.3 Å². The minimum absolute atomic E-state index is 0.717. The first-order valence-corrected chi connectivity index (χ1v) is 7.29. The van der Waals surface area contributed by atoms with Gasteiger partial charge < -0.3 is 14.8 Å². The topological polar surface area (TPSA) is 30.5 Å². The van der Waals surface area contributed by atoms with Crippen LogP contribution in [0.1, 0.15) is 12.5 Å². The van der Waals surface area contributed by atoms with Crippen LogP contribution < -0.4 is 14.8 Å². The van der Waals surface area contributed by atoms with Crippen molar-refractivity contribution < 1.29 is 9.47 Å². The van der Waals surface area contributed by atoms with E-state index in [1.165, 1.54) is 0 Å². The number of rotatable bonds is 6. The minimum Gasteiger partial charge on any atom is -0.497 e. The Hall–Kier alpha value is -1.71. The fraction of sp³-hybridized carbons (Fsp3) is 0.294. The van der Waals surface area contributed by atoms with Gasteiger partial charge >= 0.3 is 0 Å². The normalized spacial score (nSPS) is 10.5. The molecule has 21 heavy (non-hydrogen) atoms. The maximum atomic E-state index is 6.43. The highest BCUT2D eigenvalue weighted by molar-refractivity contribution is 6.33. The lowest BCUT2D eigenvalue weighted by Crippen LogP contribution is -2.11. The standard InChI is InChI=1S/C17H20ClNO2/c1-4-19-11-12-5-7-14(16(18)9-12)15-8-6-13(20-2)10-17(15)21-3/h5-10,19H,4,11H2,1-3H3. The van der Waals surface area contributed by atoms with Gasteiger partial charge in [0, 0.05) is 28.8 Å². The molecule has 0 saturated heterocycles. The van der Waals surface area contributed by atoms with Gasteiger partial charge in [-0.25, -0.2) is 0 Å². The Morgan fingerprint density at radius 2 is 1.76 bits per heavy atom. The van der Waals surface area contributed by atoms with Crippen molar-refractivity contribution in [2.24, 2.45) is 0 Å². The molecule has 0 amide bonds. The van der Waals surface area contributed by atoms with E-state index in [1.807, 2.05) is 30.3 Å². The summed E-state index contributed by atoms with van der Waals surface area (Å²) in [7, 11) is 3.28. The number of nitrogens with one attached hydrogen (secondary N) is 1. The predicted molar refractivity (Wildman–Crippen MR) is 87.4 cm³/mol. The summed E-state index contributed by atoms with van der Waals surface area (Å²) in [6.45, 7) is 3.83. The lowest BCUT2D eigenvalue weighted by atomic mass is 10.0. The van der Waals surface area contributed by atoms with Crippen molar-refractivity contribution >= 4 is 11.6 Å². The lowest BCUT2D eigenvalue weighted by molar-refractivity contribution is 0.395. The summed E-state index contributed by atoms with van der Waals surface area (Å²) < 4.78 is 10.7. The van der Waals surface area contributed by atoms with Crippen LogP contribution in [0.4, 0.5) is 0 Å². The molecule has 4 heteroatoms. The average molecular weight is 306 g/mol. The Kier molecular flexibility index (Phi) is 5.48. The maximum Gasteiger partial charge on any atom is 0.130 e. The smallest absolute Gasteiger partial charge is 0.130 e. The van der Waals surface area contributed by atoms with Crippen molar-refractivity contribution in [3.8, 4) is 22.6 Å². The van der Waals surface area contributed by atoms with Crippen molar-refractivity contribution in [1.82, 2.24) is 5.32 Å². The summed E-state index contributed by atoms with van der Waals surface area (Å²) in [6, 6.07) is 11.8. The molecule has 0 unspecified atom stereocenters. The van der Waals surface area contributed by atoms with Crippen molar-refractivity contribution in [1.29, 1.82) is 0 Å². The van der Waals surface area contributed by atoms with E-state index in [4.69, 9.17) is 21.1 Å². The summed E-state index contributed by atoms with van der Waals surface area (Å²) in [4.78, 5) is 0. The van der Waals surface area contributed by atoms with E-state index in [0.29, 0.717) is 5.02 Å². The molecule has 0 atom stereocenters. The molecule has 0 radical (unpaired) electrons. The van der Waals surface area contributed by atoms with Crippen LogP contribution in [0, 0.1) is 0 Å². The van der Waals surface area contributed by atoms with Crippen LogP contribution >= 0.6 is 11.6 Å². The van der Waals surface area contributed by atoms with Crippen LogP contribution in [0.3, 0.4) is 0 Å². The zero-order valence-corrected chi connectivity index (χ0v) is 13.3. The molecule has 0 aliphatic heterocycles. The number of hydrogen-bond acceptors (Lipinski definition) is 3. The lowest BCUT2D eigenvalue weighted by Gasteiger charge is -2.13. The molecule has 0 heterocycles.